The van der Waals surface area contributed by atoms with Crippen molar-refractivity contribution < 1.29 is 14.6 Å². The predicted octanol–water partition coefficient (Wildman–Crippen LogP) is 0.662. The highest BCUT2D eigenvalue weighted by Gasteiger charge is 2.23. The van der Waals surface area contributed by atoms with Crippen LogP contribution >= 0.6 is 0 Å². The van der Waals surface area contributed by atoms with Crippen LogP contribution in [0.15, 0.2) is 12.2 Å². The van der Waals surface area contributed by atoms with E-state index in [1.165, 1.54) is 0 Å². The first kappa shape index (κ1) is 7.28. The summed E-state index contributed by atoms with van der Waals surface area (Å²) in [5, 5.41) is 8.53. The van der Waals surface area contributed by atoms with Crippen LogP contribution in [0.1, 0.15) is 6.92 Å². The summed E-state index contributed by atoms with van der Waals surface area (Å²) in [7, 11) is 0. The topological polar surface area (TPSA) is 46.5 Å². The lowest BCUT2D eigenvalue weighted by molar-refractivity contribution is -0.144. The van der Waals surface area contributed by atoms with Crippen molar-refractivity contribution in [2.75, 3.05) is 6.61 Å². The fraction of sp³-hybridized carbons (Fsp3) is 0.571. The van der Waals surface area contributed by atoms with Gasteiger partial charge in [0.05, 0.1) is 18.6 Å². The van der Waals surface area contributed by atoms with E-state index in [1.54, 1.807) is 13.0 Å². The highest BCUT2D eigenvalue weighted by Crippen LogP contribution is 2.13. The maximum Gasteiger partial charge on any atom is 0.309 e. The van der Waals surface area contributed by atoms with Gasteiger partial charge in [0.25, 0.3) is 0 Å². The maximum absolute atomic E-state index is 10.4. The Labute approximate surface area is 59.3 Å². The van der Waals surface area contributed by atoms with Gasteiger partial charge in [-0.05, 0) is 6.92 Å². The van der Waals surface area contributed by atoms with Gasteiger partial charge in [-0.3, -0.25) is 4.79 Å². The first-order chi connectivity index (χ1) is 4.72. The van der Waals surface area contributed by atoms with Crippen LogP contribution in [0.4, 0.5) is 0 Å². The number of carbonyl (C=O) groups is 1. The molecule has 0 aromatic heterocycles. The van der Waals surface area contributed by atoms with Crippen molar-refractivity contribution in [1.82, 2.24) is 0 Å². The molecule has 0 aromatic carbocycles. The van der Waals surface area contributed by atoms with Gasteiger partial charge < -0.3 is 9.84 Å². The van der Waals surface area contributed by atoms with Gasteiger partial charge in [0.2, 0.25) is 0 Å². The number of hydrogen-bond acceptors (Lipinski definition) is 2. The minimum absolute atomic E-state index is 0.225. The zero-order valence-electron chi connectivity index (χ0n) is 5.78. The van der Waals surface area contributed by atoms with Crippen molar-refractivity contribution in [2.45, 2.75) is 13.0 Å². The molecule has 0 aliphatic carbocycles. The van der Waals surface area contributed by atoms with E-state index in [0.717, 1.165) is 0 Å². The van der Waals surface area contributed by atoms with Gasteiger partial charge in [-0.1, -0.05) is 12.2 Å². The summed E-state index contributed by atoms with van der Waals surface area (Å²) in [5.41, 5.74) is 0. The Morgan fingerprint density at radius 2 is 2.60 bits per heavy atom. The number of hydrogen-bond donors (Lipinski definition) is 1. The zero-order chi connectivity index (χ0) is 7.56. The average Bonchev–Trinajstić information content (AvgIpc) is 2.36. The number of ether oxygens (including phenoxy) is 1. The Morgan fingerprint density at radius 1 is 1.90 bits per heavy atom. The molecule has 3 heteroatoms. The monoisotopic (exact) mass is 142 g/mol. The van der Waals surface area contributed by atoms with Crippen molar-refractivity contribution in [3.63, 3.8) is 0 Å². The molecule has 0 saturated carbocycles. The molecule has 0 fully saturated rings. The molecule has 2 atom stereocenters. The molecule has 0 amide bonds. The lowest BCUT2D eigenvalue weighted by Gasteiger charge is -2.11. The van der Waals surface area contributed by atoms with Crippen molar-refractivity contribution in [2.24, 2.45) is 5.92 Å². The van der Waals surface area contributed by atoms with E-state index in [0.29, 0.717) is 6.61 Å². The van der Waals surface area contributed by atoms with Gasteiger partial charge in [0, 0.05) is 0 Å². The Bertz CT molecular complexity index is 162. The highest BCUT2D eigenvalue weighted by molar-refractivity contribution is 5.70. The second-order valence-electron chi connectivity index (χ2n) is 2.35. The fourth-order valence-electron chi connectivity index (χ4n) is 0.863. The van der Waals surface area contributed by atoms with E-state index in [9.17, 15) is 4.79 Å². The largest absolute Gasteiger partial charge is 0.481 e. The summed E-state index contributed by atoms with van der Waals surface area (Å²) >= 11 is 0. The van der Waals surface area contributed by atoms with E-state index in [1.807, 2.05) is 6.08 Å². The molecule has 56 valence electrons. The first-order valence-electron chi connectivity index (χ1n) is 3.23. The third-order valence-corrected chi connectivity index (χ3v) is 1.59. The summed E-state index contributed by atoms with van der Waals surface area (Å²) in [6.45, 7) is 2.19. The summed E-state index contributed by atoms with van der Waals surface area (Å²) in [6, 6.07) is 0. The van der Waals surface area contributed by atoms with Crippen molar-refractivity contribution in [3.8, 4) is 0 Å². The molecular weight excluding hydrogens is 132 g/mol. The Hall–Kier alpha value is -0.830. The second-order valence-corrected chi connectivity index (χ2v) is 2.35. The number of rotatable bonds is 2. The Kier molecular flexibility index (Phi) is 2.06. The molecule has 0 bridgehead atoms. The van der Waals surface area contributed by atoms with Gasteiger partial charge in [-0.25, -0.2) is 0 Å². The van der Waals surface area contributed by atoms with E-state index in [2.05, 4.69) is 0 Å². The van der Waals surface area contributed by atoms with Crippen molar-refractivity contribution >= 4 is 5.97 Å². The highest BCUT2D eigenvalue weighted by atomic mass is 16.5. The van der Waals surface area contributed by atoms with Gasteiger partial charge in [-0.15, -0.1) is 0 Å². The smallest absolute Gasteiger partial charge is 0.309 e. The summed E-state index contributed by atoms with van der Waals surface area (Å²) in [6.07, 6.45) is 3.40. The molecule has 0 saturated heterocycles. The Balaban J connectivity index is 2.48. The van der Waals surface area contributed by atoms with Crippen LogP contribution < -0.4 is 0 Å². The van der Waals surface area contributed by atoms with E-state index in [4.69, 9.17) is 9.84 Å². The lowest BCUT2D eigenvalue weighted by Crippen LogP contribution is -2.23. The molecule has 1 aliphatic heterocycles. The normalized spacial score (nSPS) is 26.7. The molecule has 1 heterocycles. The van der Waals surface area contributed by atoms with E-state index < -0.39 is 11.9 Å². The molecule has 1 rings (SSSR count). The van der Waals surface area contributed by atoms with Gasteiger partial charge >= 0.3 is 5.97 Å². The number of aliphatic carboxylic acids is 1. The van der Waals surface area contributed by atoms with E-state index >= 15 is 0 Å². The third-order valence-electron chi connectivity index (χ3n) is 1.59. The molecule has 0 spiro atoms. The molecule has 1 aliphatic rings. The Morgan fingerprint density at radius 3 is 3.00 bits per heavy atom. The second kappa shape index (κ2) is 2.84. The minimum Gasteiger partial charge on any atom is -0.481 e. The van der Waals surface area contributed by atoms with Crippen LogP contribution in [0, 0.1) is 5.92 Å². The lowest BCUT2D eigenvalue weighted by atomic mass is 10.1. The minimum atomic E-state index is -0.809. The van der Waals surface area contributed by atoms with Crippen LogP contribution in [0.3, 0.4) is 0 Å². The van der Waals surface area contributed by atoms with Gasteiger partial charge in [-0.2, -0.15) is 0 Å². The van der Waals surface area contributed by atoms with Crippen LogP contribution in [-0.4, -0.2) is 23.8 Å². The quantitative estimate of drug-likeness (QED) is 0.576. The van der Waals surface area contributed by atoms with Crippen LogP contribution in [-0.2, 0) is 9.53 Å². The van der Waals surface area contributed by atoms with Crippen molar-refractivity contribution in [3.05, 3.63) is 12.2 Å². The molecule has 3 nitrogen and oxygen atoms in total. The molecule has 1 N–H and O–H groups in total. The molecule has 10 heavy (non-hydrogen) atoms. The summed E-state index contributed by atoms with van der Waals surface area (Å²) < 4.78 is 5.08. The molecule has 0 aromatic rings. The van der Waals surface area contributed by atoms with E-state index in [-0.39, 0.29) is 6.10 Å². The standard InChI is InChI=1S/C7H10O3/c1-5(7(8)9)6-3-2-4-10-6/h2-3,5-6H,4H2,1H3,(H,8,9)/t5-,6+/m1/s1. The van der Waals surface area contributed by atoms with Crippen LogP contribution in [0.25, 0.3) is 0 Å². The SMILES string of the molecule is C[C@@H](C(=O)O)[C@@H]1C=CCO1. The number of carboxylic acid groups (broad SMARTS) is 1. The van der Waals surface area contributed by atoms with Crippen molar-refractivity contribution in [1.29, 1.82) is 0 Å². The molecule has 0 unspecified atom stereocenters. The van der Waals surface area contributed by atoms with Gasteiger partial charge in [0.1, 0.15) is 0 Å². The average molecular weight is 142 g/mol. The maximum atomic E-state index is 10.4. The number of carboxylic acids is 1. The van der Waals surface area contributed by atoms with Gasteiger partial charge in [0.15, 0.2) is 0 Å². The molecule has 0 radical (unpaired) electrons. The third kappa shape index (κ3) is 1.36. The van der Waals surface area contributed by atoms with Crippen LogP contribution in [0.2, 0.25) is 0 Å². The summed E-state index contributed by atoms with van der Waals surface area (Å²) in [5.74, 6) is -1.24. The summed E-state index contributed by atoms with van der Waals surface area (Å²) in [4.78, 5) is 10.4. The van der Waals surface area contributed by atoms with Crippen LogP contribution in [0.5, 0.6) is 0 Å². The molecular formula is C7H10O3. The zero-order valence-corrected chi connectivity index (χ0v) is 5.78. The first-order valence-corrected chi connectivity index (χ1v) is 3.23. The fourth-order valence-corrected chi connectivity index (χ4v) is 0.863. The predicted molar refractivity (Wildman–Crippen MR) is 35.7 cm³/mol.